The van der Waals surface area contributed by atoms with Gasteiger partial charge in [0.05, 0.1) is 11.8 Å². The van der Waals surface area contributed by atoms with Crippen LogP contribution in [-0.4, -0.2) is 34.9 Å². The summed E-state index contributed by atoms with van der Waals surface area (Å²) in [7, 11) is 0. The molecule has 2 N–H and O–H groups in total. The van der Waals surface area contributed by atoms with Crippen LogP contribution in [0.4, 0.5) is 4.39 Å². The van der Waals surface area contributed by atoms with Crippen molar-refractivity contribution >= 4 is 5.91 Å². The van der Waals surface area contributed by atoms with Crippen molar-refractivity contribution in [3.05, 3.63) is 29.8 Å². The van der Waals surface area contributed by atoms with Gasteiger partial charge in [-0.3, -0.25) is 9.78 Å². The van der Waals surface area contributed by atoms with Crippen molar-refractivity contribution in [1.29, 1.82) is 0 Å². The Balaban J connectivity index is 2.14. The number of nitrogens with zero attached hydrogens (tertiary/aromatic N) is 2. The smallest absolute Gasteiger partial charge is 0.255 e. The zero-order valence-corrected chi connectivity index (χ0v) is 11.2. The van der Waals surface area contributed by atoms with Gasteiger partial charge in [0.2, 0.25) is 0 Å². The molecule has 1 fully saturated rings. The predicted octanol–water partition coefficient (Wildman–Crippen LogP) is 1.81. The van der Waals surface area contributed by atoms with Gasteiger partial charge in [-0.2, -0.15) is 0 Å². The summed E-state index contributed by atoms with van der Waals surface area (Å²) >= 11 is 0. The molecule has 104 valence electrons. The van der Waals surface area contributed by atoms with E-state index in [4.69, 9.17) is 5.73 Å². The molecule has 1 amide bonds. The van der Waals surface area contributed by atoms with Crippen molar-refractivity contribution in [3.8, 4) is 0 Å². The number of halogens is 1. The Morgan fingerprint density at radius 3 is 3.00 bits per heavy atom. The lowest BCUT2D eigenvalue weighted by Gasteiger charge is -2.38. The lowest BCUT2D eigenvalue weighted by molar-refractivity contribution is 0.0557. The predicted molar refractivity (Wildman–Crippen MR) is 71.1 cm³/mol. The Kier molecular flexibility index (Phi) is 4.47. The fraction of sp³-hybridized carbons (Fsp3) is 0.571. The minimum atomic E-state index is -0.487. The largest absolute Gasteiger partial charge is 0.334 e. The van der Waals surface area contributed by atoms with E-state index in [2.05, 4.69) is 11.9 Å². The molecule has 2 atom stereocenters. The lowest BCUT2D eigenvalue weighted by Crippen LogP contribution is -2.49. The Morgan fingerprint density at radius 1 is 1.58 bits per heavy atom. The highest BCUT2D eigenvalue weighted by Gasteiger charge is 2.30. The van der Waals surface area contributed by atoms with Crippen LogP contribution in [0.2, 0.25) is 0 Å². The van der Waals surface area contributed by atoms with Crippen molar-refractivity contribution in [2.24, 2.45) is 11.7 Å². The molecule has 4 nitrogen and oxygen atoms in total. The molecule has 2 rings (SSSR count). The number of nitrogens with two attached hydrogens (primary N) is 1. The molecule has 0 aromatic carbocycles. The average molecular weight is 265 g/mol. The molecular weight excluding hydrogens is 245 g/mol. The third-order valence-corrected chi connectivity index (χ3v) is 3.89. The fourth-order valence-corrected chi connectivity index (χ4v) is 2.69. The Hall–Kier alpha value is -1.49. The Bertz CT molecular complexity index is 452. The topological polar surface area (TPSA) is 59.2 Å². The van der Waals surface area contributed by atoms with Gasteiger partial charge in [0.25, 0.3) is 5.91 Å². The van der Waals surface area contributed by atoms with Crippen LogP contribution in [0.25, 0.3) is 0 Å². The van der Waals surface area contributed by atoms with Gasteiger partial charge in [0, 0.05) is 25.3 Å². The van der Waals surface area contributed by atoms with Crippen LogP contribution in [0.3, 0.4) is 0 Å². The van der Waals surface area contributed by atoms with Crippen molar-refractivity contribution in [1.82, 2.24) is 9.88 Å². The van der Waals surface area contributed by atoms with Gasteiger partial charge in [0.15, 0.2) is 0 Å². The second kappa shape index (κ2) is 6.10. The molecule has 2 unspecified atom stereocenters. The molecule has 1 aromatic rings. The van der Waals surface area contributed by atoms with E-state index in [9.17, 15) is 9.18 Å². The SMILES string of the molecule is CCC1CCN(C(=O)c2cncc(F)c2)C(CN)C1. The molecular formula is C14H20FN3O. The summed E-state index contributed by atoms with van der Waals surface area (Å²) in [6.07, 6.45) is 5.54. The second-order valence-electron chi connectivity index (χ2n) is 5.08. The molecule has 2 heterocycles. The average Bonchev–Trinajstić information content (AvgIpc) is 2.45. The summed E-state index contributed by atoms with van der Waals surface area (Å²) < 4.78 is 13.1. The van der Waals surface area contributed by atoms with Crippen LogP contribution in [0.15, 0.2) is 18.5 Å². The van der Waals surface area contributed by atoms with Crippen LogP contribution in [0, 0.1) is 11.7 Å². The van der Waals surface area contributed by atoms with Crippen LogP contribution >= 0.6 is 0 Å². The summed E-state index contributed by atoms with van der Waals surface area (Å²) in [6.45, 7) is 3.30. The number of pyridine rings is 1. The first-order valence-electron chi connectivity index (χ1n) is 6.77. The third-order valence-electron chi connectivity index (χ3n) is 3.89. The number of rotatable bonds is 3. The summed E-state index contributed by atoms with van der Waals surface area (Å²) in [6, 6.07) is 1.28. The third kappa shape index (κ3) is 3.10. The van der Waals surface area contributed by atoms with Crippen LogP contribution in [-0.2, 0) is 0 Å². The molecule has 0 saturated carbocycles. The fourth-order valence-electron chi connectivity index (χ4n) is 2.69. The molecule has 1 saturated heterocycles. The van der Waals surface area contributed by atoms with Gasteiger partial charge >= 0.3 is 0 Å². The van der Waals surface area contributed by atoms with Crippen molar-refractivity contribution in [2.45, 2.75) is 32.2 Å². The molecule has 19 heavy (non-hydrogen) atoms. The maximum absolute atomic E-state index is 13.1. The molecule has 0 bridgehead atoms. The number of hydrogen-bond donors (Lipinski definition) is 1. The molecule has 1 aromatic heterocycles. The van der Waals surface area contributed by atoms with Crippen LogP contribution in [0.5, 0.6) is 0 Å². The number of amides is 1. The van der Waals surface area contributed by atoms with E-state index >= 15 is 0 Å². The molecule has 1 aliphatic rings. The number of piperidine rings is 1. The summed E-state index contributed by atoms with van der Waals surface area (Å²) in [5.74, 6) is -0.0289. The van der Waals surface area contributed by atoms with Crippen LogP contribution < -0.4 is 5.73 Å². The summed E-state index contributed by atoms with van der Waals surface area (Å²) in [4.78, 5) is 17.9. The number of aromatic nitrogens is 1. The van der Waals surface area contributed by atoms with E-state index in [1.54, 1.807) is 4.90 Å². The highest BCUT2D eigenvalue weighted by molar-refractivity contribution is 5.94. The first-order valence-corrected chi connectivity index (χ1v) is 6.77. The molecule has 0 spiro atoms. The second-order valence-corrected chi connectivity index (χ2v) is 5.08. The highest BCUT2D eigenvalue weighted by Crippen LogP contribution is 2.26. The summed E-state index contributed by atoms with van der Waals surface area (Å²) in [5.41, 5.74) is 6.07. The zero-order valence-electron chi connectivity index (χ0n) is 11.2. The maximum atomic E-state index is 13.1. The van der Waals surface area contributed by atoms with E-state index in [1.165, 1.54) is 12.3 Å². The van der Waals surface area contributed by atoms with Gasteiger partial charge in [-0.25, -0.2) is 4.39 Å². The van der Waals surface area contributed by atoms with Gasteiger partial charge in [-0.1, -0.05) is 13.3 Å². The van der Waals surface area contributed by atoms with Crippen molar-refractivity contribution < 1.29 is 9.18 Å². The van der Waals surface area contributed by atoms with E-state index in [1.807, 2.05) is 0 Å². The monoisotopic (exact) mass is 265 g/mol. The summed E-state index contributed by atoms with van der Waals surface area (Å²) in [5, 5.41) is 0. The van der Waals surface area contributed by atoms with Gasteiger partial charge < -0.3 is 10.6 Å². The Morgan fingerprint density at radius 2 is 2.37 bits per heavy atom. The number of carbonyl (C=O) groups is 1. The molecule has 0 aliphatic carbocycles. The molecule has 0 radical (unpaired) electrons. The normalized spacial score (nSPS) is 23.4. The number of hydrogen-bond acceptors (Lipinski definition) is 3. The zero-order chi connectivity index (χ0) is 13.8. The first-order chi connectivity index (χ1) is 9.15. The highest BCUT2D eigenvalue weighted by atomic mass is 19.1. The van der Waals surface area contributed by atoms with Crippen molar-refractivity contribution in [3.63, 3.8) is 0 Å². The standard InChI is InChI=1S/C14H20FN3O/c1-2-10-3-4-18(13(5-10)7-16)14(19)11-6-12(15)9-17-8-11/h6,8-10,13H,2-5,7,16H2,1H3. The first kappa shape index (κ1) is 13.9. The quantitative estimate of drug-likeness (QED) is 0.906. The maximum Gasteiger partial charge on any atom is 0.255 e. The van der Waals surface area contributed by atoms with E-state index in [0.29, 0.717) is 24.6 Å². The number of carbonyl (C=O) groups excluding carboxylic acids is 1. The van der Waals surface area contributed by atoms with Gasteiger partial charge in [-0.15, -0.1) is 0 Å². The van der Waals surface area contributed by atoms with Gasteiger partial charge in [0.1, 0.15) is 5.82 Å². The van der Waals surface area contributed by atoms with Crippen LogP contribution in [0.1, 0.15) is 36.5 Å². The van der Waals surface area contributed by atoms with Crippen molar-refractivity contribution in [2.75, 3.05) is 13.1 Å². The minimum absolute atomic E-state index is 0.0504. The van der Waals surface area contributed by atoms with E-state index in [0.717, 1.165) is 25.5 Å². The van der Waals surface area contributed by atoms with E-state index < -0.39 is 5.82 Å². The minimum Gasteiger partial charge on any atom is -0.334 e. The molecule has 5 heteroatoms. The Labute approximate surface area is 112 Å². The number of likely N-dealkylation sites (tertiary alicyclic amines) is 1. The lowest BCUT2D eigenvalue weighted by atomic mass is 9.88. The van der Waals surface area contributed by atoms with E-state index in [-0.39, 0.29) is 11.9 Å². The molecule has 1 aliphatic heterocycles. The van der Waals surface area contributed by atoms with Gasteiger partial charge in [-0.05, 0) is 24.8 Å².